The van der Waals surface area contributed by atoms with Crippen molar-refractivity contribution in [1.29, 1.82) is 0 Å². The minimum atomic E-state index is -1.03. The van der Waals surface area contributed by atoms with Crippen LogP contribution in [0.25, 0.3) is 0 Å². The smallest absolute Gasteiger partial charge is 0.336 e. The number of carboxylic acid groups (broad SMARTS) is 1. The van der Waals surface area contributed by atoms with Gasteiger partial charge in [0.05, 0.1) is 11.6 Å². The minimum absolute atomic E-state index is 0.106. The number of anilines is 1. The van der Waals surface area contributed by atoms with Gasteiger partial charge in [0.15, 0.2) is 0 Å². The number of nitrogens with one attached hydrogen (secondary N) is 2. The van der Waals surface area contributed by atoms with Crippen LogP contribution in [0.3, 0.4) is 0 Å². The van der Waals surface area contributed by atoms with Crippen LogP contribution in [0, 0.1) is 0 Å². The van der Waals surface area contributed by atoms with Crippen molar-refractivity contribution in [3.05, 3.63) is 28.2 Å². The molecule has 0 spiro atoms. The van der Waals surface area contributed by atoms with Gasteiger partial charge in [-0.15, -0.1) is 0 Å². The number of carbonyl (C=O) groups is 2. The number of hydrogen-bond acceptors (Lipinski definition) is 3. The van der Waals surface area contributed by atoms with E-state index < -0.39 is 5.97 Å². The highest BCUT2D eigenvalue weighted by molar-refractivity contribution is 9.10. The fourth-order valence-corrected chi connectivity index (χ4v) is 2.66. The van der Waals surface area contributed by atoms with Gasteiger partial charge in [0, 0.05) is 10.2 Å². The van der Waals surface area contributed by atoms with E-state index in [4.69, 9.17) is 5.11 Å². The van der Waals surface area contributed by atoms with Crippen LogP contribution >= 0.6 is 15.9 Å². The van der Waals surface area contributed by atoms with Crippen molar-refractivity contribution in [3.8, 4) is 0 Å². The second-order valence-electron chi connectivity index (χ2n) is 4.85. The Bertz CT molecular complexity index is 511. The number of carbonyl (C=O) groups excluding carboxylic acids is 1. The molecule has 1 aliphatic rings. The highest BCUT2D eigenvalue weighted by Gasteiger charge is 2.20. The predicted molar refractivity (Wildman–Crippen MR) is 80.0 cm³/mol. The van der Waals surface area contributed by atoms with Gasteiger partial charge in [0.2, 0.25) is 5.91 Å². The summed E-state index contributed by atoms with van der Waals surface area (Å²) in [6.07, 6.45) is 4.07. The van der Waals surface area contributed by atoms with Crippen molar-refractivity contribution >= 4 is 33.5 Å². The van der Waals surface area contributed by atoms with Gasteiger partial charge in [0.1, 0.15) is 0 Å². The van der Waals surface area contributed by atoms with E-state index in [0.29, 0.717) is 10.2 Å². The number of amides is 1. The Labute approximate surface area is 125 Å². The number of halogens is 1. The van der Waals surface area contributed by atoms with Crippen molar-refractivity contribution in [2.75, 3.05) is 11.9 Å². The van der Waals surface area contributed by atoms with E-state index in [2.05, 4.69) is 26.6 Å². The van der Waals surface area contributed by atoms with Crippen molar-refractivity contribution < 1.29 is 14.7 Å². The molecule has 1 heterocycles. The minimum Gasteiger partial charge on any atom is -0.478 e. The molecule has 1 atom stereocenters. The lowest BCUT2D eigenvalue weighted by Crippen LogP contribution is -2.39. The van der Waals surface area contributed by atoms with Crippen LogP contribution in [0.5, 0.6) is 0 Å². The molecule has 1 aromatic rings. The fraction of sp³-hybridized carbons (Fsp3) is 0.429. The summed E-state index contributed by atoms with van der Waals surface area (Å²) in [6.45, 7) is 0.846. The first-order chi connectivity index (χ1) is 9.58. The van der Waals surface area contributed by atoms with Crippen LogP contribution in [0.15, 0.2) is 22.7 Å². The first-order valence-corrected chi connectivity index (χ1v) is 7.44. The molecule has 1 saturated heterocycles. The number of aromatic carboxylic acids is 1. The normalized spacial score (nSPS) is 19.1. The van der Waals surface area contributed by atoms with Gasteiger partial charge >= 0.3 is 5.97 Å². The molecule has 0 radical (unpaired) electrons. The van der Waals surface area contributed by atoms with Gasteiger partial charge in [-0.25, -0.2) is 4.79 Å². The van der Waals surface area contributed by atoms with Gasteiger partial charge in [-0.1, -0.05) is 12.8 Å². The molecular weight excluding hydrogens is 324 g/mol. The van der Waals surface area contributed by atoms with E-state index >= 15 is 0 Å². The van der Waals surface area contributed by atoms with Crippen molar-refractivity contribution in [3.63, 3.8) is 0 Å². The maximum Gasteiger partial charge on any atom is 0.336 e. The van der Waals surface area contributed by atoms with Gasteiger partial charge in [0.25, 0.3) is 0 Å². The Morgan fingerprint density at radius 3 is 2.85 bits per heavy atom. The van der Waals surface area contributed by atoms with E-state index in [1.165, 1.54) is 6.07 Å². The average molecular weight is 341 g/mol. The Hall–Kier alpha value is -1.40. The average Bonchev–Trinajstić information content (AvgIpc) is 2.69. The summed E-state index contributed by atoms with van der Waals surface area (Å²) in [4.78, 5) is 23.2. The third-order valence-electron chi connectivity index (χ3n) is 3.34. The van der Waals surface area contributed by atoms with Crippen LogP contribution in [0.2, 0.25) is 0 Å². The zero-order valence-electron chi connectivity index (χ0n) is 11.0. The molecule has 1 amide bonds. The van der Waals surface area contributed by atoms with Gasteiger partial charge in [-0.3, -0.25) is 4.79 Å². The number of hydrogen-bond donors (Lipinski definition) is 3. The summed E-state index contributed by atoms with van der Waals surface area (Å²) in [7, 11) is 0. The molecule has 108 valence electrons. The Kier molecular flexibility index (Phi) is 5.14. The molecule has 0 bridgehead atoms. The summed E-state index contributed by atoms with van der Waals surface area (Å²) in [5, 5.41) is 15.0. The quantitative estimate of drug-likeness (QED) is 0.790. The van der Waals surface area contributed by atoms with Crippen LogP contribution in [-0.2, 0) is 4.79 Å². The van der Waals surface area contributed by atoms with E-state index in [1.54, 1.807) is 12.1 Å². The highest BCUT2D eigenvalue weighted by Crippen LogP contribution is 2.21. The molecule has 20 heavy (non-hydrogen) atoms. The summed E-state index contributed by atoms with van der Waals surface area (Å²) in [5.74, 6) is -1.13. The Balaban J connectivity index is 2.07. The molecule has 1 aliphatic heterocycles. The summed E-state index contributed by atoms with van der Waals surface area (Å²) in [6, 6.07) is 4.57. The first-order valence-electron chi connectivity index (χ1n) is 6.65. The predicted octanol–water partition coefficient (Wildman–Crippen LogP) is 2.62. The fourth-order valence-electron chi connectivity index (χ4n) is 2.25. The molecule has 0 saturated carbocycles. The maximum atomic E-state index is 12.2. The maximum absolute atomic E-state index is 12.2. The molecule has 3 N–H and O–H groups in total. The van der Waals surface area contributed by atoms with Crippen molar-refractivity contribution in [1.82, 2.24) is 5.32 Å². The van der Waals surface area contributed by atoms with Gasteiger partial charge in [-0.05, 0) is 53.5 Å². The number of carboxylic acids is 1. The van der Waals surface area contributed by atoms with Crippen LogP contribution in [0.4, 0.5) is 5.69 Å². The second kappa shape index (κ2) is 6.85. The molecule has 0 aromatic heterocycles. The van der Waals surface area contributed by atoms with Crippen LogP contribution in [0.1, 0.15) is 36.0 Å². The first kappa shape index (κ1) is 15.0. The third kappa shape index (κ3) is 3.80. The lowest BCUT2D eigenvalue weighted by molar-refractivity contribution is -0.118. The monoisotopic (exact) mass is 340 g/mol. The highest BCUT2D eigenvalue weighted by atomic mass is 79.9. The van der Waals surface area contributed by atoms with E-state index in [1.807, 2.05) is 0 Å². The van der Waals surface area contributed by atoms with Gasteiger partial charge in [-0.2, -0.15) is 0 Å². The zero-order valence-corrected chi connectivity index (χ0v) is 12.6. The summed E-state index contributed by atoms with van der Waals surface area (Å²) < 4.78 is 0.496. The van der Waals surface area contributed by atoms with Crippen molar-refractivity contribution in [2.45, 2.75) is 31.7 Å². The molecule has 5 nitrogen and oxygen atoms in total. The standard InChI is InChI=1S/C14H17BrN2O3/c15-11-6-5-9(8-10(11)14(19)20)17-13(18)12-4-2-1-3-7-16-12/h5-6,8,12,16H,1-4,7H2,(H,17,18)(H,19,20). The SMILES string of the molecule is O=C(O)c1cc(NC(=O)C2CCCCCN2)ccc1Br. The van der Waals surface area contributed by atoms with E-state index in [9.17, 15) is 9.59 Å². The van der Waals surface area contributed by atoms with Gasteiger partial charge < -0.3 is 15.7 Å². The van der Waals surface area contributed by atoms with Crippen LogP contribution in [-0.4, -0.2) is 29.6 Å². The summed E-state index contributed by atoms with van der Waals surface area (Å²) >= 11 is 3.18. The lowest BCUT2D eigenvalue weighted by atomic mass is 10.1. The molecule has 1 fully saturated rings. The molecule has 1 unspecified atom stereocenters. The molecule has 1 aromatic carbocycles. The second-order valence-corrected chi connectivity index (χ2v) is 5.70. The topological polar surface area (TPSA) is 78.4 Å². The molecule has 2 rings (SSSR count). The zero-order chi connectivity index (χ0) is 14.5. The largest absolute Gasteiger partial charge is 0.478 e. The van der Waals surface area contributed by atoms with E-state index in [0.717, 1.165) is 32.2 Å². The number of benzene rings is 1. The Morgan fingerprint density at radius 2 is 2.10 bits per heavy atom. The van der Waals surface area contributed by atoms with E-state index in [-0.39, 0.29) is 17.5 Å². The molecule has 6 heteroatoms. The number of rotatable bonds is 3. The summed E-state index contributed by atoms with van der Waals surface area (Å²) in [5.41, 5.74) is 0.637. The van der Waals surface area contributed by atoms with Crippen molar-refractivity contribution in [2.24, 2.45) is 0 Å². The van der Waals surface area contributed by atoms with Crippen LogP contribution < -0.4 is 10.6 Å². The third-order valence-corrected chi connectivity index (χ3v) is 4.03. The lowest BCUT2D eigenvalue weighted by Gasteiger charge is -2.16. The molecule has 0 aliphatic carbocycles. The molecular formula is C14H17BrN2O3. The Morgan fingerprint density at radius 1 is 1.30 bits per heavy atom.